The van der Waals surface area contributed by atoms with E-state index in [2.05, 4.69) is 26.5 Å². The van der Waals surface area contributed by atoms with Gasteiger partial charge in [-0.1, -0.05) is 19.9 Å². The number of carbonyl (C=O) groups is 1. The minimum absolute atomic E-state index is 0.105. The third-order valence-corrected chi connectivity index (χ3v) is 9.53. The van der Waals surface area contributed by atoms with E-state index in [1.54, 1.807) is 0 Å². The fourth-order valence-corrected chi connectivity index (χ4v) is 8.34. The zero-order valence-electron chi connectivity index (χ0n) is 16.3. The predicted octanol–water partition coefficient (Wildman–Crippen LogP) is 5.01. The average Bonchev–Trinajstić information content (AvgIpc) is 2.96. The summed E-state index contributed by atoms with van der Waals surface area (Å²) in [7, 11) is 0. The van der Waals surface area contributed by atoms with Crippen LogP contribution in [0.25, 0.3) is 0 Å². The molecule has 0 aliphatic heterocycles. The first kappa shape index (κ1) is 17.8. The Morgan fingerprint density at radius 3 is 2.60 bits per heavy atom. The van der Waals surface area contributed by atoms with Gasteiger partial charge in [-0.3, -0.25) is 4.79 Å². The van der Waals surface area contributed by atoms with Crippen LogP contribution in [0.1, 0.15) is 72.1 Å². The van der Waals surface area contributed by atoms with Gasteiger partial charge in [0.25, 0.3) is 0 Å². The SMILES string of the molecule is C=CC1CC[C@H]2[C@@H]3CC[C@H]4C[C@H](O)[C@@H](C)C[C@]4(C)[C@H]3CC[C@]12C(C)=O. The van der Waals surface area contributed by atoms with Crippen molar-refractivity contribution in [2.24, 2.45) is 46.3 Å². The Labute approximate surface area is 153 Å². The molecule has 140 valence electrons. The smallest absolute Gasteiger partial charge is 0.136 e. The van der Waals surface area contributed by atoms with Crippen LogP contribution < -0.4 is 0 Å². The largest absolute Gasteiger partial charge is 0.393 e. The van der Waals surface area contributed by atoms with Gasteiger partial charge in [0.2, 0.25) is 0 Å². The number of ketones is 1. The molecule has 0 aromatic carbocycles. The van der Waals surface area contributed by atoms with Gasteiger partial charge in [-0.05, 0) is 99.2 Å². The standard InChI is InChI=1S/C23H36O2/c1-5-16-7-9-20-18-8-6-17-12-21(25)14(2)13-22(17,4)19(18)10-11-23(16,20)15(3)24/h5,14,16-21,25H,1,6-13H2,2-4H3/t14-,16?,17-,18+,19-,20-,21-,22-,23-/m0/s1. The van der Waals surface area contributed by atoms with Gasteiger partial charge in [-0.2, -0.15) is 0 Å². The lowest BCUT2D eigenvalue weighted by molar-refractivity contribution is -0.156. The van der Waals surface area contributed by atoms with E-state index in [4.69, 9.17) is 0 Å². The number of rotatable bonds is 2. The van der Waals surface area contributed by atoms with E-state index in [-0.39, 0.29) is 11.5 Å². The van der Waals surface area contributed by atoms with Crippen molar-refractivity contribution in [2.75, 3.05) is 0 Å². The van der Waals surface area contributed by atoms with Crippen molar-refractivity contribution in [1.82, 2.24) is 0 Å². The maximum absolute atomic E-state index is 12.8. The number of hydrogen-bond acceptors (Lipinski definition) is 2. The molecular weight excluding hydrogens is 308 g/mol. The number of aliphatic hydroxyl groups is 1. The molecule has 0 radical (unpaired) electrons. The molecule has 1 unspecified atom stereocenters. The third-order valence-electron chi connectivity index (χ3n) is 9.53. The van der Waals surface area contributed by atoms with Crippen LogP contribution >= 0.6 is 0 Å². The minimum atomic E-state index is -0.105. The average molecular weight is 345 g/mol. The van der Waals surface area contributed by atoms with Crippen LogP contribution in [0.15, 0.2) is 12.7 Å². The van der Waals surface area contributed by atoms with Crippen molar-refractivity contribution in [1.29, 1.82) is 0 Å². The van der Waals surface area contributed by atoms with E-state index in [0.29, 0.717) is 40.8 Å². The number of hydrogen-bond donors (Lipinski definition) is 1. The van der Waals surface area contributed by atoms with Gasteiger partial charge in [0.1, 0.15) is 5.78 Å². The van der Waals surface area contributed by atoms with Gasteiger partial charge >= 0.3 is 0 Å². The number of aliphatic hydroxyl groups excluding tert-OH is 1. The summed E-state index contributed by atoms with van der Waals surface area (Å²) in [4.78, 5) is 12.8. The molecule has 2 heteroatoms. The first-order valence-corrected chi connectivity index (χ1v) is 10.7. The summed E-state index contributed by atoms with van der Waals surface area (Å²) < 4.78 is 0. The number of Topliss-reactive ketones (excluding diaryl/α,β-unsaturated/α-hetero) is 1. The minimum Gasteiger partial charge on any atom is -0.393 e. The van der Waals surface area contributed by atoms with Gasteiger partial charge in [0.15, 0.2) is 0 Å². The van der Waals surface area contributed by atoms with Gasteiger partial charge < -0.3 is 5.11 Å². The molecule has 0 saturated heterocycles. The molecule has 0 spiro atoms. The van der Waals surface area contributed by atoms with Gasteiger partial charge in [0, 0.05) is 5.41 Å². The number of allylic oxidation sites excluding steroid dienone is 1. The Morgan fingerprint density at radius 1 is 1.16 bits per heavy atom. The first-order valence-electron chi connectivity index (χ1n) is 10.7. The molecule has 0 aromatic heterocycles. The van der Waals surface area contributed by atoms with Crippen molar-refractivity contribution in [3.8, 4) is 0 Å². The normalized spacial score (nSPS) is 55.0. The molecule has 4 rings (SSSR count). The van der Waals surface area contributed by atoms with Crippen LogP contribution in [0.4, 0.5) is 0 Å². The maximum atomic E-state index is 12.8. The summed E-state index contributed by atoms with van der Waals surface area (Å²) in [5.41, 5.74) is 0.267. The molecule has 0 heterocycles. The summed E-state index contributed by atoms with van der Waals surface area (Å²) in [5, 5.41) is 10.4. The van der Waals surface area contributed by atoms with Crippen LogP contribution in [-0.2, 0) is 4.79 Å². The Kier molecular flexibility index (Phi) is 4.22. The Bertz CT molecular complexity index is 568. The predicted molar refractivity (Wildman–Crippen MR) is 101 cm³/mol. The summed E-state index contributed by atoms with van der Waals surface area (Å²) in [6, 6.07) is 0. The molecular formula is C23H36O2. The first-order chi connectivity index (χ1) is 11.8. The van der Waals surface area contributed by atoms with Crippen LogP contribution in [0.3, 0.4) is 0 Å². The fourth-order valence-electron chi connectivity index (χ4n) is 8.34. The Balaban J connectivity index is 1.67. The Morgan fingerprint density at radius 2 is 1.92 bits per heavy atom. The highest BCUT2D eigenvalue weighted by Gasteiger charge is 2.63. The second kappa shape index (κ2) is 5.94. The van der Waals surface area contributed by atoms with Crippen LogP contribution in [0.2, 0.25) is 0 Å². The van der Waals surface area contributed by atoms with E-state index in [1.807, 2.05) is 6.92 Å². The monoisotopic (exact) mass is 344 g/mol. The number of carbonyl (C=O) groups excluding carboxylic acids is 1. The number of fused-ring (bicyclic) bond motifs is 5. The molecule has 2 nitrogen and oxygen atoms in total. The van der Waals surface area contributed by atoms with E-state index in [0.717, 1.165) is 25.2 Å². The van der Waals surface area contributed by atoms with Gasteiger partial charge in [-0.25, -0.2) is 0 Å². The van der Waals surface area contributed by atoms with Crippen LogP contribution in [-0.4, -0.2) is 17.0 Å². The van der Waals surface area contributed by atoms with Crippen LogP contribution in [0, 0.1) is 46.3 Å². The van der Waals surface area contributed by atoms with Crippen molar-refractivity contribution in [2.45, 2.75) is 78.2 Å². The van der Waals surface area contributed by atoms with Crippen molar-refractivity contribution in [3.63, 3.8) is 0 Å². The highest BCUT2D eigenvalue weighted by atomic mass is 16.3. The molecule has 4 saturated carbocycles. The van der Waals surface area contributed by atoms with Gasteiger partial charge in [-0.15, -0.1) is 6.58 Å². The van der Waals surface area contributed by atoms with Crippen molar-refractivity contribution < 1.29 is 9.90 Å². The highest BCUT2D eigenvalue weighted by molar-refractivity contribution is 5.84. The fraction of sp³-hybridized carbons (Fsp3) is 0.870. The zero-order valence-corrected chi connectivity index (χ0v) is 16.3. The summed E-state index contributed by atoms with van der Waals surface area (Å²) >= 11 is 0. The molecule has 0 aromatic rings. The van der Waals surface area contributed by atoms with Gasteiger partial charge in [0.05, 0.1) is 6.10 Å². The van der Waals surface area contributed by atoms with E-state index < -0.39 is 0 Å². The third kappa shape index (κ3) is 2.28. The second-order valence-corrected chi connectivity index (χ2v) is 10.2. The second-order valence-electron chi connectivity index (χ2n) is 10.2. The van der Waals surface area contributed by atoms with Crippen molar-refractivity contribution >= 4 is 5.78 Å². The molecule has 0 amide bonds. The van der Waals surface area contributed by atoms with E-state index >= 15 is 0 Å². The molecule has 4 aliphatic rings. The summed E-state index contributed by atoms with van der Waals surface area (Å²) in [5.74, 6) is 3.97. The lowest BCUT2D eigenvalue weighted by Gasteiger charge is -2.61. The van der Waals surface area contributed by atoms with E-state index in [9.17, 15) is 9.90 Å². The summed E-state index contributed by atoms with van der Waals surface area (Å²) in [6.07, 6.45) is 11.3. The topological polar surface area (TPSA) is 37.3 Å². The zero-order chi connectivity index (χ0) is 18.0. The molecule has 25 heavy (non-hydrogen) atoms. The molecule has 1 N–H and O–H groups in total. The molecule has 9 atom stereocenters. The molecule has 0 bridgehead atoms. The maximum Gasteiger partial charge on any atom is 0.136 e. The van der Waals surface area contributed by atoms with Crippen molar-refractivity contribution in [3.05, 3.63) is 12.7 Å². The van der Waals surface area contributed by atoms with E-state index in [1.165, 1.54) is 32.1 Å². The summed E-state index contributed by atoms with van der Waals surface area (Å²) in [6.45, 7) is 10.7. The van der Waals surface area contributed by atoms with Crippen LogP contribution in [0.5, 0.6) is 0 Å². The lowest BCUT2D eigenvalue weighted by atomic mass is 9.43. The molecule has 4 aliphatic carbocycles. The Hall–Kier alpha value is -0.630. The lowest BCUT2D eigenvalue weighted by Crippen LogP contribution is -2.57. The molecule has 4 fully saturated rings. The highest BCUT2D eigenvalue weighted by Crippen LogP contribution is 2.68. The quantitative estimate of drug-likeness (QED) is 0.715.